The van der Waals surface area contributed by atoms with Gasteiger partial charge >= 0.3 is 0 Å². The summed E-state index contributed by atoms with van der Waals surface area (Å²) in [6.45, 7) is 3.15. The Balaban J connectivity index is 2.67. The molecule has 2 heteroatoms. The zero-order chi connectivity index (χ0) is 9.97. The van der Waals surface area contributed by atoms with Crippen molar-refractivity contribution in [3.05, 3.63) is 48.2 Å². The van der Waals surface area contributed by atoms with Crippen LogP contribution in [0.25, 0.3) is 10.9 Å². The molecule has 0 atom stereocenters. The fraction of sp³-hybridized carbons (Fsp3) is 0.167. The molecule has 2 aromatic rings. The van der Waals surface area contributed by atoms with Crippen LogP contribution in [0.2, 0.25) is 0 Å². The van der Waals surface area contributed by atoms with E-state index >= 15 is 0 Å². The number of hydrogen-bond acceptors (Lipinski definition) is 2. The summed E-state index contributed by atoms with van der Waals surface area (Å²) >= 11 is 0. The normalized spacial score (nSPS) is 10.7. The van der Waals surface area contributed by atoms with Gasteiger partial charge in [0.25, 0.3) is 0 Å². The smallest absolute Gasteiger partial charge is 0.0842 e. The van der Waals surface area contributed by atoms with Gasteiger partial charge in [0.1, 0.15) is 0 Å². The molecule has 0 aliphatic carbocycles. The van der Waals surface area contributed by atoms with Crippen molar-refractivity contribution in [3.8, 4) is 0 Å². The summed E-state index contributed by atoms with van der Waals surface area (Å²) in [5, 5.41) is 9.94. The zero-order valence-corrected chi connectivity index (χ0v) is 8.07. The van der Waals surface area contributed by atoms with E-state index in [9.17, 15) is 0 Å². The predicted molar refractivity (Wildman–Crippen MR) is 56.4 cm³/mol. The van der Waals surface area contributed by atoms with Gasteiger partial charge in [-0.25, -0.2) is 0 Å². The molecule has 1 aromatic heterocycles. The second-order valence-corrected chi connectivity index (χ2v) is 3.33. The van der Waals surface area contributed by atoms with E-state index in [1.54, 1.807) is 0 Å². The summed E-state index contributed by atoms with van der Waals surface area (Å²) in [5.41, 5.74) is 3.10. The van der Waals surface area contributed by atoms with E-state index in [-0.39, 0.29) is 0 Å². The molecule has 71 valence electrons. The van der Waals surface area contributed by atoms with E-state index in [1.807, 2.05) is 37.3 Å². The van der Waals surface area contributed by atoms with Crippen LogP contribution in [0.15, 0.2) is 30.3 Å². The number of nitrogens with zero attached hydrogens (tertiary/aromatic N) is 1. The third-order valence-electron chi connectivity index (χ3n) is 2.24. The van der Waals surface area contributed by atoms with Gasteiger partial charge < -0.3 is 5.11 Å². The molecule has 0 amide bonds. The molecule has 14 heavy (non-hydrogen) atoms. The van der Waals surface area contributed by atoms with Crippen LogP contribution in [0.1, 0.15) is 11.3 Å². The summed E-state index contributed by atoms with van der Waals surface area (Å²) in [7, 11) is 0. The minimum Gasteiger partial charge on any atom is -0.390 e. The second kappa shape index (κ2) is 3.76. The van der Waals surface area contributed by atoms with Crippen molar-refractivity contribution < 1.29 is 5.11 Å². The van der Waals surface area contributed by atoms with Crippen molar-refractivity contribution >= 4 is 10.9 Å². The van der Waals surface area contributed by atoms with Crippen LogP contribution in [0.3, 0.4) is 0 Å². The Kier molecular flexibility index (Phi) is 2.46. The Bertz CT molecular complexity index is 451. The lowest BCUT2D eigenvalue weighted by Crippen LogP contribution is -1.92. The van der Waals surface area contributed by atoms with Gasteiger partial charge in [-0.05, 0) is 24.6 Å². The third kappa shape index (κ3) is 1.61. The van der Waals surface area contributed by atoms with Gasteiger partial charge in [0.05, 0.1) is 12.1 Å². The maximum absolute atomic E-state index is 8.82. The molecule has 0 aliphatic heterocycles. The number of pyridine rings is 1. The van der Waals surface area contributed by atoms with Crippen LogP contribution < -0.4 is 0 Å². The minimum atomic E-state index is 0.573. The molecule has 1 aromatic carbocycles. The molecule has 2 nitrogen and oxygen atoms in total. The highest BCUT2D eigenvalue weighted by Gasteiger charge is 2.02. The van der Waals surface area contributed by atoms with Gasteiger partial charge in [0, 0.05) is 17.5 Å². The van der Waals surface area contributed by atoms with Gasteiger partial charge in [-0.1, -0.05) is 18.2 Å². The molecular formula is C12H12NO. The number of rotatable bonds is 2. The first-order chi connectivity index (χ1) is 6.81. The molecule has 1 N–H and O–H groups in total. The van der Waals surface area contributed by atoms with Crippen molar-refractivity contribution in [2.75, 3.05) is 0 Å². The maximum Gasteiger partial charge on any atom is 0.0842 e. The van der Waals surface area contributed by atoms with Crippen LogP contribution in [0.5, 0.6) is 0 Å². The SMILES string of the molecule is Cc1cc(C[CH]O)c2ccccc2n1. The Morgan fingerprint density at radius 1 is 1.36 bits per heavy atom. The molecule has 0 spiro atoms. The summed E-state index contributed by atoms with van der Waals surface area (Å²) in [6.07, 6.45) is 0.573. The fourth-order valence-corrected chi connectivity index (χ4v) is 1.66. The van der Waals surface area contributed by atoms with Crippen LogP contribution in [-0.2, 0) is 6.42 Å². The summed E-state index contributed by atoms with van der Waals surface area (Å²) < 4.78 is 0. The molecule has 0 bridgehead atoms. The molecule has 0 saturated carbocycles. The Labute approximate surface area is 83.2 Å². The number of benzene rings is 1. The lowest BCUT2D eigenvalue weighted by molar-refractivity contribution is 0.386. The molecule has 1 radical (unpaired) electrons. The standard InChI is InChI=1S/C12H12NO/c1-9-8-10(6-7-14)11-4-2-3-5-12(11)13-9/h2-5,7-8,14H,6H2,1H3. The largest absolute Gasteiger partial charge is 0.390 e. The summed E-state index contributed by atoms with van der Waals surface area (Å²) in [5.74, 6) is 0. The van der Waals surface area contributed by atoms with E-state index in [1.165, 1.54) is 6.61 Å². The summed E-state index contributed by atoms with van der Waals surface area (Å²) in [6, 6.07) is 9.99. The monoisotopic (exact) mass is 186 g/mol. The van der Waals surface area contributed by atoms with Crippen LogP contribution in [0, 0.1) is 13.5 Å². The Hall–Kier alpha value is -1.41. The number of aliphatic hydroxyl groups is 1. The van der Waals surface area contributed by atoms with E-state index in [4.69, 9.17) is 5.11 Å². The number of hydrogen-bond donors (Lipinski definition) is 1. The van der Waals surface area contributed by atoms with Gasteiger partial charge in [-0.15, -0.1) is 0 Å². The first kappa shape index (κ1) is 9.16. The minimum absolute atomic E-state index is 0.573. The lowest BCUT2D eigenvalue weighted by atomic mass is 10.1. The Morgan fingerprint density at radius 3 is 2.93 bits per heavy atom. The first-order valence-electron chi connectivity index (χ1n) is 4.62. The molecule has 1 heterocycles. The van der Waals surface area contributed by atoms with Crippen LogP contribution in [0.4, 0.5) is 0 Å². The topological polar surface area (TPSA) is 33.1 Å². The maximum atomic E-state index is 8.82. The third-order valence-corrected chi connectivity index (χ3v) is 2.24. The zero-order valence-electron chi connectivity index (χ0n) is 8.07. The van der Waals surface area contributed by atoms with Crippen molar-refractivity contribution in [2.24, 2.45) is 0 Å². The molecule has 0 saturated heterocycles. The van der Waals surface area contributed by atoms with Crippen LogP contribution in [-0.4, -0.2) is 10.1 Å². The number of aliphatic hydroxyl groups excluding tert-OH is 1. The van der Waals surface area contributed by atoms with Gasteiger partial charge in [-0.3, -0.25) is 4.98 Å². The molecule has 0 unspecified atom stereocenters. The van der Waals surface area contributed by atoms with E-state index in [2.05, 4.69) is 4.98 Å². The van der Waals surface area contributed by atoms with Crippen molar-refractivity contribution in [2.45, 2.75) is 13.3 Å². The van der Waals surface area contributed by atoms with Gasteiger partial charge in [0.15, 0.2) is 0 Å². The molecule has 2 rings (SSSR count). The average Bonchev–Trinajstić information content (AvgIpc) is 2.18. The quantitative estimate of drug-likeness (QED) is 0.782. The van der Waals surface area contributed by atoms with E-state index in [0.29, 0.717) is 6.42 Å². The summed E-state index contributed by atoms with van der Waals surface area (Å²) in [4.78, 5) is 4.42. The lowest BCUT2D eigenvalue weighted by Gasteiger charge is -2.05. The highest BCUT2D eigenvalue weighted by Crippen LogP contribution is 2.18. The van der Waals surface area contributed by atoms with Crippen molar-refractivity contribution in [1.82, 2.24) is 4.98 Å². The highest BCUT2D eigenvalue weighted by molar-refractivity contribution is 5.82. The van der Waals surface area contributed by atoms with Gasteiger partial charge in [0.2, 0.25) is 0 Å². The number of aryl methyl sites for hydroxylation is 1. The predicted octanol–water partition coefficient (Wildman–Crippen LogP) is 2.62. The average molecular weight is 186 g/mol. The molecule has 0 fully saturated rings. The highest BCUT2D eigenvalue weighted by atomic mass is 16.2. The van der Waals surface area contributed by atoms with Crippen molar-refractivity contribution in [1.29, 1.82) is 0 Å². The second-order valence-electron chi connectivity index (χ2n) is 3.33. The number of aromatic nitrogens is 1. The fourth-order valence-electron chi connectivity index (χ4n) is 1.66. The van der Waals surface area contributed by atoms with Crippen molar-refractivity contribution in [3.63, 3.8) is 0 Å². The number of para-hydroxylation sites is 1. The molecule has 0 aliphatic rings. The molecular weight excluding hydrogens is 174 g/mol. The van der Waals surface area contributed by atoms with E-state index < -0.39 is 0 Å². The Morgan fingerprint density at radius 2 is 2.14 bits per heavy atom. The van der Waals surface area contributed by atoms with Crippen LogP contribution >= 0.6 is 0 Å². The first-order valence-corrected chi connectivity index (χ1v) is 4.62. The number of fused-ring (bicyclic) bond motifs is 1. The van der Waals surface area contributed by atoms with Gasteiger partial charge in [-0.2, -0.15) is 0 Å². The van der Waals surface area contributed by atoms with E-state index in [0.717, 1.165) is 22.2 Å².